The third-order valence-corrected chi connectivity index (χ3v) is 6.34. The summed E-state index contributed by atoms with van der Waals surface area (Å²) in [6.45, 7) is 11.5. The summed E-state index contributed by atoms with van der Waals surface area (Å²) in [5, 5.41) is 10.2. The largest absolute Gasteiger partial charge is 0.490 e. The van der Waals surface area contributed by atoms with E-state index in [2.05, 4.69) is 24.1 Å². The van der Waals surface area contributed by atoms with E-state index in [4.69, 9.17) is 9.90 Å². The molecule has 0 aliphatic carbocycles. The highest BCUT2D eigenvalue weighted by Gasteiger charge is 2.63. The number of amides is 2. The average molecular weight is 421 g/mol. The van der Waals surface area contributed by atoms with Crippen molar-refractivity contribution >= 4 is 17.8 Å². The van der Waals surface area contributed by atoms with Crippen molar-refractivity contribution in [3.63, 3.8) is 0 Å². The van der Waals surface area contributed by atoms with E-state index in [1.807, 2.05) is 4.90 Å². The topological polar surface area (TPSA) is 90.0 Å². The molecule has 3 aliphatic heterocycles. The number of carbonyl (C=O) groups excluding carboxylic acids is 2. The summed E-state index contributed by atoms with van der Waals surface area (Å²) in [5.74, 6) is -1.71. The fraction of sp³-hybridized carbons (Fsp3) is 0.842. The minimum absolute atomic E-state index is 0.0639. The van der Waals surface area contributed by atoms with Crippen molar-refractivity contribution in [3.05, 3.63) is 0 Å². The molecule has 3 heterocycles. The highest BCUT2D eigenvalue weighted by Crippen LogP contribution is 2.56. The Morgan fingerprint density at radius 1 is 1.17 bits per heavy atom. The van der Waals surface area contributed by atoms with Crippen LogP contribution in [0, 0.1) is 16.7 Å². The molecule has 0 bridgehead atoms. The number of alkyl halides is 3. The van der Waals surface area contributed by atoms with Crippen LogP contribution in [-0.4, -0.2) is 78.1 Å². The molecular weight excluding hydrogens is 391 g/mol. The van der Waals surface area contributed by atoms with Gasteiger partial charge in [0.1, 0.15) is 0 Å². The monoisotopic (exact) mass is 421 g/mol. The van der Waals surface area contributed by atoms with Gasteiger partial charge in [0, 0.05) is 51.6 Å². The van der Waals surface area contributed by atoms with Crippen LogP contribution in [0.1, 0.15) is 40.0 Å². The van der Waals surface area contributed by atoms with Gasteiger partial charge in [-0.1, -0.05) is 13.8 Å². The molecule has 3 aliphatic rings. The lowest BCUT2D eigenvalue weighted by Crippen LogP contribution is -2.53. The van der Waals surface area contributed by atoms with Gasteiger partial charge in [-0.15, -0.1) is 0 Å². The molecule has 0 aromatic rings. The lowest BCUT2D eigenvalue weighted by Gasteiger charge is -2.46. The van der Waals surface area contributed by atoms with Crippen LogP contribution >= 0.6 is 0 Å². The summed E-state index contributed by atoms with van der Waals surface area (Å²) in [4.78, 5) is 37.7. The molecule has 2 N–H and O–H groups in total. The van der Waals surface area contributed by atoms with Gasteiger partial charge in [0.15, 0.2) is 0 Å². The van der Waals surface area contributed by atoms with Crippen LogP contribution in [0.3, 0.4) is 0 Å². The molecule has 10 heteroatoms. The second-order valence-electron chi connectivity index (χ2n) is 8.74. The molecule has 0 aromatic carbocycles. The fourth-order valence-electron chi connectivity index (χ4n) is 5.05. The van der Waals surface area contributed by atoms with Gasteiger partial charge in [-0.2, -0.15) is 13.2 Å². The third-order valence-electron chi connectivity index (χ3n) is 6.34. The molecule has 3 saturated heterocycles. The number of piperidine rings is 1. The second-order valence-corrected chi connectivity index (χ2v) is 8.74. The summed E-state index contributed by atoms with van der Waals surface area (Å²) in [6.07, 6.45) is -2.19. The molecule has 3 rings (SSSR count). The predicted octanol–water partition coefficient (Wildman–Crippen LogP) is 1.73. The molecule has 1 unspecified atom stereocenters. The maximum absolute atomic E-state index is 12.7. The molecule has 2 amide bonds. The minimum atomic E-state index is -5.08. The van der Waals surface area contributed by atoms with Crippen molar-refractivity contribution in [1.82, 2.24) is 15.1 Å². The smallest absolute Gasteiger partial charge is 0.475 e. The highest BCUT2D eigenvalue weighted by molar-refractivity contribution is 5.86. The highest BCUT2D eigenvalue weighted by atomic mass is 19.4. The van der Waals surface area contributed by atoms with Crippen LogP contribution in [0.15, 0.2) is 0 Å². The first-order valence-corrected chi connectivity index (χ1v) is 9.89. The van der Waals surface area contributed by atoms with Crippen molar-refractivity contribution in [3.8, 4) is 0 Å². The van der Waals surface area contributed by atoms with Gasteiger partial charge in [0.05, 0.1) is 5.41 Å². The Balaban J connectivity index is 0.000000370. The van der Waals surface area contributed by atoms with E-state index in [1.54, 1.807) is 6.92 Å². The van der Waals surface area contributed by atoms with Crippen LogP contribution in [-0.2, 0) is 14.4 Å². The van der Waals surface area contributed by atoms with Crippen molar-refractivity contribution < 1.29 is 32.7 Å². The summed E-state index contributed by atoms with van der Waals surface area (Å²) in [6, 6.07) is 0. The van der Waals surface area contributed by atoms with E-state index < -0.39 is 12.1 Å². The van der Waals surface area contributed by atoms with Crippen LogP contribution in [0.4, 0.5) is 13.2 Å². The molecule has 0 aromatic heterocycles. The predicted molar refractivity (Wildman–Crippen MR) is 98.9 cm³/mol. The SMILES string of the molecule is CC(=O)N1CCC2(CC1)CN(CC(C)C)CC21CCNC1=O.O=C(O)C(F)(F)F. The summed E-state index contributed by atoms with van der Waals surface area (Å²) in [7, 11) is 0. The Kier molecular flexibility index (Phi) is 6.86. The lowest BCUT2D eigenvalue weighted by molar-refractivity contribution is -0.192. The van der Waals surface area contributed by atoms with Gasteiger partial charge in [-0.3, -0.25) is 9.59 Å². The van der Waals surface area contributed by atoms with Gasteiger partial charge >= 0.3 is 12.1 Å². The molecule has 7 nitrogen and oxygen atoms in total. The maximum atomic E-state index is 12.7. The number of rotatable bonds is 2. The Bertz CT molecular complexity index is 645. The standard InChI is InChI=1S/C17H29N3O2.C2HF3O2/c1-13(2)10-19-11-16(5-8-20(9-6-16)14(3)21)17(12-19)4-7-18-15(17)22;3-2(4,5)1(6)7/h13H,4-12H2,1-3H3,(H,18,22);(H,6,7). The number of carbonyl (C=O) groups is 3. The van der Waals surface area contributed by atoms with Crippen molar-refractivity contribution in [2.24, 2.45) is 16.7 Å². The Hall–Kier alpha value is -1.84. The number of nitrogens with zero attached hydrogens (tertiary/aromatic N) is 2. The fourth-order valence-corrected chi connectivity index (χ4v) is 5.05. The number of likely N-dealkylation sites (tertiary alicyclic amines) is 2. The number of fused-ring (bicyclic) bond motifs is 1. The normalized spacial score (nSPS) is 26.6. The third kappa shape index (κ3) is 4.84. The number of halogens is 3. The molecule has 0 radical (unpaired) electrons. The summed E-state index contributed by atoms with van der Waals surface area (Å²) >= 11 is 0. The second kappa shape index (κ2) is 8.49. The molecule has 166 valence electrons. The quantitative estimate of drug-likeness (QED) is 0.709. The molecule has 2 spiro atoms. The van der Waals surface area contributed by atoms with Crippen LogP contribution < -0.4 is 5.32 Å². The summed E-state index contributed by atoms with van der Waals surface area (Å²) in [5.41, 5.74) is -0.154. The van der Waals surface area contributed by atoms with Crippen molar-refractivity contribution in [2.45, 2.75) is 46.2 Å². The van der Waals surface area contributed by atoms with Crippen molar-refractivity contribution in [1.29, 1.82) is 0 Å². The van der Waals surface area contributed by atoms with Crippen molar-refractivity contribution in [2.75, 3.05) is 39.3 Å². The molecule has 1 atom stereocenters. The van der Waals surface area contributed by atoms with E-state index in [0.29, 0.717) is 5.92 Å². The van der Waals surface area contributed by atoms with Gasteiger partial charge in [-0.05, 0) is 25.2 Å². The first kappa shape index (κ1) is 23.4. The summed E-state index contributed by atoms with van der Waals surface area (Å²) < 4.78 is 31.7. The van der Waals surface area contributed by atoms with E-state index in [-0.39, 0.29) is 22.6 Å². The number of carboxylic acids is 1. The van der Waals surface area contributed by atoms with Gasteiger partial charge in [0.25, 0.3) is 0 Å². The Labute approximate surface area is 168 Å². The number of carboxylic acid groups (broad SMARTS) is 1. The number of nitrogens with one attached hydrogen (secondary N) is 1. The van der Waals surface area contributed by atoms with Crippen LogP contribution in [0.25, 0.3) is 0 Å². The first-order valence-electron chi connectivity index (χ1n) is 9.89. The Morgan fingerprint density at radius 2 is 1.72 bits per heavy atom. The number of hydrogen-bond donors (Lipinski definition) is 2. The number of aliphatic carboxylic acids is 1. The van der Waals surface area contributed by atoms with E-state index >= 15 is 0 Å². The van der Waals surface area contributed by atoms with Gasteiger partial charge in [-0.25, -0.2) is 4.79 Å². The molecule has 3 fully saturated rings. The lowest BCUT2D eigenvalue weighted by atomic mass is 9.60. The van der Waals surface area contributed by atoms with Gasteiger partial charge in [0.2, 0.25) is 11.8 Å². The van der Waals surface area contributed by atoms with E-state index in [9.17, 15) is 22.8 Å². The average Bonchev–Trinajstić information content (AvgIpc) is 3.09. The molecule has 0 saturated carbocycles. The van der Waals surface area contributed by atoms with Gasteiger partial charge < -0.3 is 20.2 Å². The zero-order valence-electron chi connectivity index (χ0n) is 17.1. The zero-order chi connectivity index (χ0) is 22.0. The molecule has 29 heavy (non-hydrogen) atoms. The minimum Gasteiger partial charge on any atom is -0.475 e. The van der Waals surface area contributed by atoms with Crippen LogP contribution in [0.2, 0.25) is 0 Å². The first-order chi connectivity index (χ1) is 13.3. The zero-order valence-corrected chi connectivity index (χ0v) is 17.1. The van der Waals surface area contributed by atoms with E-state index in [1.165, 1.54) is 0 Å². The maximum Gasteiger partial charge on any atom is 0.490 e. The number of hydrogen-bond acceptors (Lipinski definition) is 4. The molecular formula is C19H30F3N3O4. The van der Waals surface area contributed by atoms with Crippen LogP contribution in [0.5, 0.6) is 0 Å². The van der Waals surface area contributed by atoms with E-state index in [0.717, 1.165) is 58.5 Å². The Morgan fingerprint density at radius 3 is 2.10 bits per heavy atom.